The van der Waals surface area contributed by atoms with Crippen molar-refractivity contribution in [1.82, 2.24) is 0 Å². The molecule has 4 N–H and O–H groups in total. The van der Waals surface area contributed by atoms with Gasteiger partial charge in [0.1, 0.15) is 11.3 Å². The molecule has 0 bridgehead atoms. The standard InChI is InChI=1S/C11H14BrNO3.ClH/c1-2-3-8(13)9-7(12)5-4-6(10(9)14)11(15)16;/h4-5,8,14H,2-3,13H2,1H3,(H,15,16);1H/t8-;/m0./s1. The molecule has 0 saturated carbocycles. The van der Waals surface area contributed by atoms with E-state index in [0.29, 0.717) is 16.5 Å². The van der Waals surface area contributed by atoms with Crippen LogP contribution < -0.4 is 5.73 Å². The summed E-state index contributed by atoms with van der Waals surface area (Å²) in [5, 5.41) is 18.7. The average Bonchev–Trinajstić information content (AvgIpc) is 2.17. The Morgan fingerprint density at radius 3 is 2.59 bits per heavy atom. The number of benzene rings is 1. The summed E-state index contributed by atoms with van der Waals surface area (Å²) in [6.45, 7) is 1.98. The molecule has 1 aromatic carbocycles. The predicted octanol–water partition coefficient (Wildman–Crippen LogP) is 3.07. The van der Waals surface area contributed by atoms with Gasteiger partial charge in [-0.25, -0.2) is 4.79 Å². The van der Waals surface area contributed by atoms with E-state index in [-0.39, 0.29) is 29.8 Å². The molecule has 96 valence electrons. The number of nitrogens with two attached hydrogens (primary N) is 1. The Labute approximate surface area is 114 Å². The molecule has 0 aliphatic heterocycles. The van der Waals surface area contributed by atoms with Crippen LogP contribution in [-0.4, -0.2) is 16.2 Å². The van der Waals surface area contributed by atoms with Crippen molar-refractivity contribution in [2.45, 2.75) is 25.8 Å². The smallest absolute Gasteiger partial charge is 0.339 e. The fourth-order valence-corrected chi connectivity index (χ4v) is 2.18. The highest BCUT2D eigenvalue weighted by atomic mass is 79.9. The minimum absolute atomic E-state index is 0. The van der Waals surface area contributed by atoms with E-state index in [1.54, 1.807) is 6.07 Å². The van der Waals surface area contributed by atoms with E-state index in [2.05, 4.69) is 15.9 Å². The highest BCUT2D eigenvalue weighted by molar-refractivity contribution is 9.10. The van der Waals surface area contributed by atoms with Crippen LogP contribution in [0.3, 0.4) is 0 Å². The first-order valence-corrected chi connectivity index (χ1v) is 5.78. The summed E-state index contributed by atoms with van der Waals surface area (Å²) >= 11 is 3.27. The molecule has 6 heteroatoms. The Bertz CT molecular complexity index is 412. The van der Waals surface area contributed by atoms with Crippen LogP contribution in [0.5, 0.6) is 5.75 Å². The first kappa shape index (κ1) is 16.2. The van der Waals surface area contributed by atoms with E-state index in [9.17, 15) is 9.90 Å². The molecule has 0 unspecified atom stereocenters. The lowest BCUT2D eigenvalue weighted by Crippen LogP contribution is -2.12. The molecule has 0 amide bonds. The van der Waals surface area contributed by atoms with Crippen LogP contribution in [0.2, 0.25) is 0 Å². The maximum Gasteiger partial charge on any atom is 0.339 e. The molecule has 4 nitrogen and oxygen atoms in total. The van der Waals surface area contributed by atoms with Crippen LogP contribution in [0.25, 0.3) is 0 Å². The molecule has 0 aliphatic rings. The third-order valence-corrected chi connectivity index (χ3v) is 3.06. The third-order valence-electron chi connectivity index (χ3n) is 2.36. The number of rotatable bonds is 4. The molecule has 0 spiro atoms. The van der Waals surface area contributed by atoms with E-state index < -0.39 is 5.97 Å². The summed E-state index contributed by atoms with van der Waals surface area (Å²) in [5.74, 6) is -1.40. The summed E-state index contributed by atoms with van der Waals surface area (Å²) in [6.07, 6.45) is 1.56. The molecule has 0 saturated heterocycles. The topological polar surface area (TPSA) is 83.6 Å². The zero-order valence-electron chi connectivity index (χ0n) is 9.31. The van der Waals surface area contributed by atoms with Crippen molar-refractivity contribution in [1.29, 1.82) is 0 Å². The molecule has 1 aromatic rings. The van der Waals surface area contributed by atoms with Crippen LogP contribution >= 0.6 is 28.3 Å². The highest BCUT2D eigenvalue weighted by Gasteiger charge is 2.20. The monoisotopic (exact) mass is 323 g/mol. The number of carboxylic acid groups (broad SMARTS) is 1. The number of aromatic carboxylic acids is 1. The van der Waals surface area contributed by atoms with Crippen molar-refractivity contribution in [3.05, 3.63) is 27.7 Å². The summed E-state index contributed by atoms with van der Waals surface area (Å²) in [7, 11) is 0. The molecule has 0 fully saturated rings. The van der Waals surface area contributed by atoms with Crippen LogP contribution in [-0.2, 0) is 0 Å². The Balaban J connectivity index is 0.00000256. The van der Waals surface area contributed by atoms with Gasteiger partial charge in [-0.3, -0.25) is 0 Å². The van der Waals surface area contributed by atoms with Gasteiger partial charge in [-0.1, -0.05) is 29.3 Å². The number of phenols is 1. The zero-order chi connectivity index (χ0) is 12.3. The Hall–Kier alpha value is -0.780. The second-order valence-corrected chi connectivity index (χ2v) is 4.41. The van der Waals surface area contributed by atoms with Crippen molar-refractivity contribution in [2.75, 3.05) is 0 Å². The van der Waals surface area contributed by atoms with Gasteiger partial charge in [0, 0.05) is 16.1 Å². The molecule has 0 heterocycles. The van der Waals surface area contributed by atoms with E-state index in [0.717, 1.165) is 6.42 Å². The van der Waals surface area contributed by atoms with Crippen molar-refractivity contribution >= 4 is 34.3 Å². The minimum atomic E-state index is -1.16. The van der Waals surface area contributed by atoms with E-state index in [1.807, 2.05) is 6.92 Å². The van der Waals surface area contributed by atoms with Gasteiger partial charge >= 0.3 is 5.97 Å². The summed E-state index contributed by atoms with van der Waals surface area (Å²) in [4.78, 5) is 10.8. The average molecular weight is 325 g/mol. The number of aromatic hydroxyl groups is 1. The summed E-state index contributed by atoms with van der Waals surface area (Å²) in [6, 6.07) is 2.58. The van der Waals surface area contributed by atoms with E-state index in [1.165, 1.54) is 6.07 Å². The molecular formula is C11H15BrClNO3. The van der Waals surface area contributed by atoms with Crippen molar-refractivity contribution in [2.24, 2.45) is 5.73 Å². The Morgan fingerprint density at radius 1 is 1.53 bits per heavy atom. The molecule has 0 aromatic heterocycles. The molecule has 0 aliphatic carbocycles. The van der Waals surface area contributed by atoms with Gasteiger partial charge in [0.05, 0.1) is 0 Å². The lowest BCUT2D eigenvalue weighted by atomic mass is 9.99. The molecule has 1 atom stereocenters. The number of carboxylic acids is 1. The highest BCUT2D eigenvalue weighted by Crippen LogP contribution is 2.35. The van der Waals surface area contributed by atoms with Gasteiger partial charge in [0.15, 0.2) is 0 Å². The van der Waals surface area contributed by atoms with Crippen molar-refractivity contribution in [3.63, 3.8) is 0 Å². The number of halogens is 2. The molecule has 0 radical (unpaired) electrons. The first-order valence-electron chi connectivity index (χ1n) is 4.99. The van der Waals surface area contributed by atoms with Gasteiger partial charge in [-0.05, 0) is 18.6 Å². The van der Waals surface area contributed by atoms with Crippen LogP contribution in [0.1, 0.15) is 41.7 Å². The second-order valence-electron chi connectivity index (χ2n) is 3.56. The first-order chi connectivity index (χ1) is 7.49. The van der Waals surface area contributed by atoms with Gasteiger partial charge in [0.25, 0.3) is 0 Å². The number of hydrogen-bond acceptors (Lipinski definition) is 3. The van der Waals surface area contributed by atoms with Gasteiger partial charge in [-0.15, -0.1) is 12.4 Å². The quantitative estimate of drug-likeness (QED) is 0.794. The lowest BCUT2D eigenvalue weighted by Gasteiger charge is -2.16. The zero-order valence-corrected chi connectivity index (χ0v) is 11.7. The predicted molar refractivity (Wildman–Crippen MR) is 71.9 cm³/mol. The van der Waals surface area contributed by atoms with E-state index in [4.69, 9.17) is 10.8 Å². The minimum Gasteiger partial charge on any atom is -0.507 e. The van der Waals surface area contributed by atoms with Crippen molar-refractivity contribution < 1.29 is 15.0 Å². The SMILES string of the molecule is CCC[C@H](N)c1c(Br)ccc(C(=O)O)c1O.Cl. The fourth-order valence-electron chi connectivity index (χ4n) is 1.56. The maximum absolute atomic E-state index is 10.8. The van der Waals surface area contributed by atoms with Gasteiger partial charge in [0.2, 0.25) is 0 Å². The normalized spacial score (nSPS) is 11.7. The molecule has 17 heavy (non-hydrogen) atoms. The summed E-state index contributed by atoms with van der Waals surface area (Å²) in [5.41, 5.74) is 6.23. The Kier molecular flexibility index (Phi) is 6.52. The van der Waals surface area contributed by atoms with Crippen molar-refractivity contribution in [3.8, 4) is 5.75 Å². The Morgan fingerprint density at radius 2 is 2.12 bits per heavy atom. The fraction of sp³-hybridized carbons (Fsp3) is 0.364. The maximum atomic E-state index is 10.8. The van der Waals surface area contributed by atoms with Crippen LogP contribution in [0, 0.1) is 0 Å². The molecular weight excluding hydrogens is 309 g/mol. The summed E-state index contributed by atoms with van der Waals surface area (Å²) < 4.78 is 0.635. The lowest BCUT2D eigenvalue weighted by molar-refractivity contribution is 0.0693. The van der Waals surface area contributed by atoms with Crippen LogP contribution in [0.4, 0.5) is 0 Å². The van der Waals surface area contributed by atoms with Gasteiger partial charge in [-0.2, -0.15) is 0 Å². The largest absolute Gasteiger partial charge is 0.507 e. The number of hydrogen-bond donors (Lipinski definition) is 3. The van der Waals surface area contributed by atoms with Crippen LogP contribution in [0.15, 0.2) is 16.6 Å². The van der Waals surface area contributed by atoms with E-state index >= 15 is 0 Å². The third kappa shape index (κ3) is 3.59. The van der Waals surface area contributed by atoms with Gasteiger partial charge < -0.3 is 15.9 Å². The molecule has 1 rings (SSSR count). The second kappa shape index (κ2) is 6.83. The number of carbonyl (C=O) groups is 1.